The largest absolute Gasteiger partial charge is 0.469 e. The van der Waals surface area contributed by atoms with Gasteiger partial charge in [-0.15, -0.1) is 0 Å². The van der Waals surface area contributed by atoms with Gasteiger partial charge in [0.1, 0.15) is 6.04 Å². The Kier molecular flexibility index (Phi) is 6.11. The smallest absolute Gasteiger partial charge is 0.328 e. The van der Waals surface area contributed by atoms with Crippen LogP contribution in [0.4, 0.5) is 0 Å². The highest BCUT2D eigenvalue weighted by atomic mass is 16.5. The van der Waals surface area contributed by atoms with Gasteiger partial charge in [-0.25, -0.2) is 4.79 Å². The topological polar surface area (TPSA) is 81.7 Å². The third-order valence-electron chi connectivity index (χ3n) is 4.02. The summed E-state index contributed by atoms with van der Waals surface area (Å²) < 4.78 is 9.41. The molecule has 0 aliphatic heterocycles. The third kappa shape index (κ3) is 4.35. The minimum Gasteiger partial charge on any atom is -0.469 e. The molecule has 0 saturated heterocycles. The minimum absolute atomic E-state index is 0.0931. The molecule has 2 atom stereocenters. The molecule has 1 amide bonds. The molecule has 0 aliphatic rings. The van der Waals surface area contributed by atoms with E-state index >= 15 is 0 Å². The zero-order valence-corrected chi connectivity index (χ0v) is 14.4. The molecule has 0 unspecified atom stereocenters. The number of methoxy groups -OCH3 is 2. The van der Waals surface area contributed by atoms with Gasteiger partial charge in [-0.1, -0.05) is 43.3 Å². The van der Waals surface area contributed by atoms with E-state index in [9.17, 15) is 14.4 Å². The van der Waals surface area contributed by atoms with Crippen LogP contribution in [0, 0.1) is 5.92 Å². The number of carbonyl (C=O) groups is 3. The summed E-state index contributed by atoms with van der Waals surface area (Å²) in [4.78, 5) is 36.3. The van der Waals surface area contributed by atoms with Crippen molar-refractivity contribution in [2.24, 2.45) is 5.92 Å². The number of fused-ring (bicyclic) bond motifs is 1. The standard InChI is InChI=1S/C19H21NO5/c1-12(18(22)24-2)11-16(19(23)25-3)20-17(21)15-10-6-8-13-7-4-5-9-14(13)15/h4-10,12,16H,11H2,1-3H3,(H,20,21)/t12-,16-/m0/s1. The first-order valence-corrected chi connectivity index (χ1v) is 7.92. The Morgan fingerprint density at radius 2 is 1.60 bits per heavy atom. The summed E-state index contributed by atoms with van der Waals surface area (Å²) in [5.41, 5.74) is 0.456. The molecule has 2 aromatic carbocycles. The fourth-order valence-electron chi connectivity index (χ4n) is 2.67. The number of esters is 2. The Morgan fingerprint density at radius 1 is 0.960 bits per heavy atom. The fraction of sp³-hybridized carbons (Fsp3) is 0.316. The average Bonchev–Trinajstić information content (AvgIpc) is 2.65. The highest BCUT2D eigenvalue weighted by molar-refractivity contribution is 6.08. The maximum Gasteiger partial charge on any atom is 0.328 e. The van der Waals surface area contributed by atoms with Crippen LogP contribution in [-0.4, -0.2) is 38.1 Å². The van der Waals surface area contributed by atoms with Crippen LogP contribution in [-0.2, 0) is 19.1 Å². The number of hydrogen-bond acceptors (Lipinski definition) is 5. The molecule has 132 valence electrons. The number of benzene rings is 2. The Labute approximate surface area is 146 Å². The van der Waals surface area contributed by atoms with Gasteiger partial charge >= 0.3 is 11.9 Å². The monoisotopic (exact) mass is 343 g/mol. The van der Waals surface area contributed by atoms with Gasteiger partial charge in [-0.3, -0.25) is 9.59 Å². The highest BCUT2D eigenvalue weighted by Gasteiger charge is 2.28. The van der Waals surface area contributed by atoms with Crippen LogP contribution in [0.25, 0.3) is 10.8 Å². The quantitative estimate of drug-likeness (QED) is 0.814. The van der Waals surface area contributed by atoms with E-state index in [0.717, 1.165) is 10.8 Å². The van der Waals surface area contributed by atoms with Crippen molar-refractivity contribution in [2.45, 2.75) is 19.4 Å². The first-order valence-electron chi connectivity index (χ1n) is 7.92. The molecule has 0 aliphatic carbocycles. The maximum absolute atomic E-state index is 12.7. The summed E-state index contributed by atoms with van der Waals surface area (Å²) in [5.74, 6) is -2.01. The molecular weight excluding hydrogens is 322 g/mol. The van der Waals surface area contributed by atoms with E-state index in [1.54, 1.807) is 19.1 Å². The van der Waals surface area contributed by atoms with Crippen molar-refractivity contribution in [3.8, 4) is 0 Å². The van der Waals surface area contributed by atoms with E-state index in [1.807, 2.05) is 30.3 Å². The fourth-order valence-corrected chi connectivity index (χ4v) is 2.67. The van der Waals surface area contributed by atoms with Gasteiger partial charge in [0.25, 0.3) is 5.91 Å². The second-order valence-corrected chi connectivity index (χ2v) is 5.74. The maximum atomic E-state index is 12.7. The minimum atomic E-state index is -0.939. The highest BCUT2D eigenvalue weighted by Crippen LogP contribution is 2.19. The molecule has 0 aromatic heterocycles. The molecular formula is C19H21NO5. The molecule has 1 N–H and O–H groups in total. The predicted molar refractivity (Wildman–Crippen MR) is 93.0 cm³/mol. The van der Waals surface area contributed by atoms with Gasteiger partial charge in [0.2, 0.25) is 0 Å². The van der Waals surface area contributed by atoms with Crippen LogP contribution in [0.2, 0.25) is 0 Å². The summed E-state index contributed by atoms with van der Waals surface area (Å²) in [5, 5.41) is 4.37. The average molecular weight is 343 g/mol. The van der Waals surface area contributed by atoms with E-state index in [1.165, 1.54) is 14.2 Å². The van der Waals surface area contributed by atoms with Crippen molar-refractivity contribution in [1.29, 1.82) is 0 Å². The van der Waals surface area contributed by atoms with Crippen LogP contribution in [0.5, 0.6) is 0 Å². The van der Waals surface area contributed by atoms with Crippen LogP contribution in [0.15, 0.2) is 42.5 Å². The molecule has 2 aromatic rings. The Balaban J connectivity index is 2.24. The van der Waals surface area contributed by atoms with Crippen LogP contribution in [0.1, 0.15) is 23.7 Å². The van der Waals surface area contributed by atoms with Crippen LogP contribution in [0.3, 0.4) is 0 Å². The normalized spacial score (nSPS) is 12.9. The summed E-state index contributed by atoms with van der Waals surface area (Å²) in [7, 11) is 2.52. The molecule has 2 rings (SSSR count). The van der Waals surface area contributed by atoms with Crippen LogP contribution < -0.4 is 5.32 Å². The number of ether oxygens (including phenoxy) is 2. The van der Waals surface area contributed by atoms with Crippen molar-refractivity contribution in [3.63, 3.8) is 0 Å². The number of amides is 1. The van der Waals surface area contributed by atoms with Crippen molar-refractivity contribution in [1.82, 2.24) is 5.32 Å². The van der Waals surface area contributed by atoms with Crippen molar-refractivity contribution < 1.29 is 23.9 Å². The van der Waals surface area contributed by atoms with Gasteiger partial charge < -0.3 is 14.8 Å². The third-order valence-corrected chi connectivity index (χ3v) is 4.02. The SMILES string of the molecule is COC(=O)[C@H](C[C@H](C)C(=O)OC)NC(=O)c1cccc2ccccc12. The number of nitrogens with one attached hydrogen (secondary N) is 1. The zero-order chi connectivity index (χ0) is 18.4. The second kappa shape index (κ2) is 8.28. The molecule has 0 fully saturated rings. The summed E-state index contributed by atoms with van der Waals surface area (Å²) in [6.07, 6.45) is 0.0931. The molecule has 0 saturated carbocycles. The lowest BCUT2D eigenvalue weighted by Gasteiger charge is -2.19. The predicted octanol–water partition coefficient (Wildman–Crippen LogP) is 2.31. The Morgan fingerprint density at radius 3 is 2.28 bits per heavy atom. The Bertz CT molecular complexity index is 781. The van der Waals surface area contributed by atoms with E-state index in [4.69, 9.17) is 4.74 Å². The number of carbonyl (C=O) groups excluding carboxylic acids is 3. The van der Waals surface area contributed by atoms with E-state index < -0.39 is 29.8 Å². The first-order chi connectivity index (χ1) is 12.0. The summed E-state index contributed by atoms with van der Waals surface area (Å²) >= 11 is 0. The molecule has 0 spiro atoms. The van der Waals surface area contributed by atoms with E-state index in [0.29, 0.717) is 5.56 Å². The van der Waals surface area contributed by atoms with Gasteiger partial charge in [0.05, 0.1) is 20.1 Å². The van der Waals surface area contributed by atoms with E-state index in [-0.39, 0.29) is 6.42 Å². The molecule has 0 bridgehead atoms. The first kappa shape index (κ1) is 18.4. The van der Waals surface area contributed by atoms with Crippen molar-refractivity contribution in [2.75, 3.05) is 14.2 Å². The van der Waals surface area contributed by atoms with Crippen LogP contribution >= 0.6 is 0 Å². The molecule has 6 nitrogen and oxygen atoms in total. The number of rotatable bonds is 6. The summed E-state index contributed by atoms with van der Waals surface area (Å²) in [6, 6.07) is 11.9. The van der Waals surface area contributed by atoms with Crippen molar-refractivity contribution >= 4 is 28.6 Å². The lowest BCUT2D eigenvalue weighted by molar-refractivity contribution is -0.147. The van der Waals surface area contributed by atoms with Gasteiger partial charge in [-0.05, 0) is 23.3 Å². The second-order valence-electron chi connectivity index (χ2n) is 5.74. The molecule has 25 heavy (non-hydrogen) atoms. The lowest BCUT2D eigenvalue weighted by atomic mass is 10.00. The van der Waals surface area contributed by atoms with Gasteiger partial charge in [0.15, 0.2) is 0 Å². The van der Waals surface area contributed by atoms with E-state index in [2.05, 4.69) is 10.1 Å². The van der Waals surface area contributed by atoms with Gasteiger partial charge in [-0.2, -0.15) is 0 Å². The Hall–Kier alpha value is -2.89. The number of hydrogen-bond donors (Lipinski definition) is 1. The molecule has 0 heterocycles. The van der Waals surface area contributed by atoms with Crippen molar-refractivity contribution in [3.05, 3.63) is 48.0 Å². The summed E-state index contributed by atoms with van der Waals surface area (Å²) in [6.45, 7) is 1.63. The molecule has 6 heteroatoms. The van der Waals surface area contributed by atoms with Gasteiger partial charge in [0, 0.05) is 5.56 Å². The zero-order valence-electron chi connectivity index (χ0n) is 14.4. The molecule has 0 radical (unpaired) electrons. The lowest BCUT2D eigenvalue weighted by Crippen LogP contribution is -2.43.